The highest BCUT2D eigenvalue weighted by Gasteiger charge is 2.25. The first kappa shape index (κ1) is 22.0. The lowest BCUT2D eigenvalue weighted by Gasteiger charge is -2.35. The molecule has 8 nitrogen and oxygen atoms in total. The maximum absolute atomic E-state index is 12.1. The summed E-state index contributed by atoms with van der Waals surface area (Å²) in [4.78, 5) is 28.2. The highest BCUT2D eigenvalue weighted by atomic mass is 16.6. The monoisotopic (exact) mass is 392 g/mol. The van der Waals surface area contributed by atoms with Gasteiger partial charge in [0.1, 0.15) is 5.60 Å². The van der Waals surface area contributed by atoms with Crippen LogP contribution in [0.3, 0.4) is 0 Å². The minimum atomic E-state index is -0.479. The maximum atomic E-state index is 12.1. The Labute approximate surface area is 167 Å². The summed E-state index contributed by atoms with van der Waals surface area (Å²) >= 11 is 0. The Kier molecular flexibility index (Phi) is 8.07. The van der Waals surface area contributed by atoms with Gasteiger partial charge < -0.3 is 25.0 Å². The minimum absolute atomic E-state index is 0.240. The van der Waals surface area contributed by atoms with Gasteiger partial charge in [0.2, 0.25) is 0 Å². The minimum Gasteiger partial charge on any atom is -0.444 e. The van der Waals surface area contributed by atoms with E-state index in [1.54, 1.807) is 12.0 Å². The van der Waals surface area contributed by atoms with E-state index in [4.69, 9.17) is 9.47 Å². The molecular weight excluding hydrogens is 360 g/mol. The number of rotatable bonds is 6. The Morgan fingerprint density at radius 1 is 1.11 bits per heavy atom. The number of carbonyl (C=O) groups is 2. The number of anilines is 1. The van der Waals surface area contributed by atoms with Crippen molar-refractivity contribution < 1.29 is 19.1 Å². The van der Waals surface area contributed by atoms with E-state index in [-0.39, 0.29) is 12.1 Å². The van der Waals surface area contributed by atoms with Gasteiger partial charge in [-0.1, -0.05) is 18.2 Å². The first-order chi connectivity index (χ1) is 13.3. The van der Waals surface area contributed by atoms with Crippen molar-refractivity contribution in [3.05, 3.63) is 29.8 Å². The van der Waals surface area contributed by atoms with Gasteiger partial charge in [0, 0.05) is 57.6 Å². The van der Waals surface area contributed by atoms with Crippen molar-refractivity contribution in [3.63, 3.8) is 0 Å². The van der Waals surface area contributed by atoms with Gasteiger partial charge in [0.25, 0.3) is 0 Å². The quantitative estimate of drug-likeness (QED) is 0.777. The Bertz CT molecular complexity index is 652. The van der Waals surface area contributed by atoms with E-state index in [0.29, 0.717) is 26.2 Å². The van der Waals surface area contributed by atoms with E-state index in [2.05, 4.69) is 15.5 Å². The number of urea groups is 1. The molecule has 0 radical (unpaired) electrons. The second-order valence-electron chi connectivity index (χ2n) is 7.78. The summed E-state index contributed by atoms with van der Waals surface area (Å²) in [6, 6.07) is 7.32. The van der Waals surface area contributed by atoms with Crippen molar-refractivity contribution in [2.45, 2.75) is 33.0 Å². The second kappa shape index (κ2) is 10.3. The van der Waals surface area contributed by atoms with Crippen LogP contribution < -0.4 is 10.6 Å². The molecule has 0 aromatic heterocycles. The van der Waals surface area contributed by atoms with Crippen LogP contribution in [0.5, 0.6) is 0 Å². The molecule has 28 heavy (non-hydrogen) atoms. The molecule has 8 heteroatoms. The Balaban J connectivity index is 1.68. The normalized spacial score (nSPS) is 15.2. The summed E-state index contributed by atoms with van der Waals surface area (Å²) in [7, 11) is 1.62. The highest BCUT2D eigenvalue weighted by Crippen LogP contribution is 2.15. The molecular formula is C20H32N4O4. The van der Waals surface area contributed by atoms with E-state index in [1.807, 2.05) is 45.0 Å². The average Bonchev–Trinajstić information content (AvgIpc) is 2.63. The number of ether oxygens (including phenoxy) is 2. The maximum Gasteiger partial charge on any atom is 0.410 e. The Morgan fingerprint density at radius 2 is 1.79 bits per heavy atom. The summed E-state index contributed by atoms with van der Waals surface area (Å²) in [5.41, 5.74) is 1.19. The van der Waals surface area contributed by atoms with Gasteiger partial charge in [-0.15, -0.1) is 0 Å². The fourth-order valence-electron chi connectivity index (χ4n) is 2.90. The largest absolute Gasteiger partial charge is 0.444 e. The lowest BCUT2D eigenvalue weighted by Crippen LogP contribution is -2.51. The van der Waals surface area contributed by atoms with E-state index in [1.165, 1.54) is 0 Å². The van der Waals surface area contributed by atoms with Crippen LogP contribution in [0, 0.1) is 0 Å². The Morgan fingerprint density at radius 3 is 2.43 bits per heavy atom. The second-order valence-corrected chi connectivity index (χ2v) is 7.78. The van der Waals surface area contributed by atoms with Crippen LogP contribution in [-0.4, -0.2) is 73.9 Å². The predicted molar refractivity (Wildman–Crippen MR) is 108 cm³/mol. The molecule has 0 bridgehead atoms. The highest BCUT2D eigenvalue weighted by molar-refractivity contribution is 5.90. The average molecular weight is 393 g/mol. The molecule has 1 aromatic carbocycles. The van der Waals surface area contributed by atoms with Gasteiger partial charge in [-0.2, -0.15) is 0 Å². The molecule has 1 fully saturated rings. The lowest BCUT2D eigenvalue weighted by molar-refractivity contribution is 0.0147. The first-order valence-corrected chi connectivity index (χ1v) is 9.60. The van der Waals surface area contributed by atoms with Crippen LogP contribution in [-0.2, 0) is 16.1 Å². The van der Waals surface area contributed by atoms with Gasteiger partial charge in [0.05, 0.1) is 6.61 Å². The summed E-state index contributed by atoms with van der Waals surface area (Å²) in [5, 5.41) is 5.73. The van der Waals surface area contributed by atoms with Crippen molar-refractivity contribution in [2.24, 2.45) is 0 Å². The van der Waals surface area contributed by atoms with Crippen LogP contribution in [0.15, 0.2) is 24.3 Å². The molecule has 3 amide bonds. The zero-order valence-electron chi connectivity index (χ0n) is 17.3. The number of para-hydroxylation sites is 1. The SMILES string of the molecule is COCc1ccccc1NC(=O)NCCN1CCN(C(=O)OC(C)(C)C)CC1. The molecule has 0 saturated carbocycles. The smallest absolute Gasteiger partial charge is 0.410 e. The van der Waals surface area contributed by atoms with Crippen molar-refractivity contribution in [1.82, 2.24) is 15.1 Å². The van der Waals surface area contributed by atoms with Crippen LogP contribution in [0.25, 0.3) is 0 Å². The molecule has 1 heterocycles. The third-order valence-corrected chi connectivity index (χ3v) is 4.30. The summed E-state index contributed by atoms with van der Waals surface area (Å²) in [5.74, 6) is 0. The fourth-order valence-corrected chi connectivity index (χ4v) is 2.90. The van der Waals surface area contributed by atoms with Crippen LogP contribution in [0.1, 0.15) is 26.3 Å². The fraction of sp³-hybridized carbons (Fsp3) is 0.600. The number of hydrogen-bond acceptors (Lipinski definition) is 5. The predicted octanol–water partition coefficient (Wildman–Crippen LogP) is 2.51. The van der Waals surface area contributed by atoms with Gasteiger partial charge in [-0.05, 0) is 26.8 Å². The third-order valence-electron chi connectivity index (χ3n) is 4.30. The molecule has 0 aliphatic carbocycles. The van der Waals surface area contributed by atoms with Crippen molar-refractivity contribution in [3.8, 4) is 0 Å². The number of hydrogen-bond donors (Lipinski definition) is 2. The topological polar surface area (TPSA) is 83.1 Å². The van der Waals surface area contributed by atoms with Crippen LogP contribution >= 0.6 is 0 Å². The van der Waals surface area contributed by atoms with E-state index < -0.39 is 5.60 Å². The molecule has 1 aliphatic rings. The number of carbonyl (C=O) groups excluding carboxylic acids is 2. The van der Waals surface area contributed by atoms with Crippen molar-refractivity contribution in [1.29, 1.82) is 0 Å². The molecule has 156 valence electrons. The molecule has 1 aromatic rings. The zero-order valence-corrected chi connectivity index (χ0v) is 17.3. The number of nitrogens with zero attached hydrogens (tertiary/aromatic N) is 2. The van der Waals surface area contributed by atoms with Crippen molar-refractivity contribution >= 4 is 17.8 Å². The summed E-state index contributed by atoms with van der Waals surface area (Å²) < 4.78 is 10.6. The van der Waals surface area contributed by atoms with Gasteiger partial charge >= 0.3 is 12.1 Å². The molecule has 0 atom stereocenters. The number of benzene rings is 1. The molecule has 2 N–H and O–H groups in total. The summed E-state index contributed by atoms with van der Waals surface area (Å²) in [6.45, 7) is 10.1. The number of methoxy groups -OCH3 is 1. The van der Waals surface area contributed by atoms with Crippen LogP contribution in [0.2, 0.25) is 0 Å². The molecule has 1 aliphatic heterocycles. The molecule has 0 spiro atoms. The van der Waals surface area contributed by atoms with E-state index in [0.717, 1.165) is 30.9 Å². The standard InChI is InChI=1S/C20H32N4O4/c1-20(2,3)28-19(26)24-13-11-23(12-14-24)10-9-21-18(25)22-17-8-6-5-7-16(17)15-27-4/h5-8H,9-15H2,1-4H3,(H2,21,22,25). The van der Waals surface area contributed by atoms with Crippen molar-refractivity contribution in [2.75, 3.05) is 51.7 Å². The first-order valence-electron chi connectivity index (χ1n) is 9.60. The zero-order chi connectivity index (χ0) is 20.6. The third kappa shape index (κ3) is 7.36. The van der Waals surface area contributed by atoms with Gasteiger partial charge in [-0.3, -0.25) is 4.90 Å². The number of piperazine rings is 1. The molecule has 1 saturated heterocycles. The number of nitrogens with one attached hydrogen (secondary N) is 2. The molecule has 2 rings (SSSR count). The van der Waals surface area contributed by atoms with Crippen LogP contribution in [0.4, 0.5) is 15.3 Å². The lowest BCUT2D eigenvalue weighted by atomic mass is 10.2. The van der Waals surface area contributed by atoms with E-state index >= 15 is 0 Å². The van der Waals surface area contributed by atoms with E-state index in [9.17, 15) is 9.59 Å². The van der Waals surface area contributed by atoms with Gasteiger partial charge in [0.15, 0.2) is 0 Å². The molecule has 0 unspecified atom stereocenters. The summed E-state index contributed by atoms with van der Waals surface area (Å²) in [6.07, 6.45) is -0.264. The number of amides is 3. The Hall–Kier alpha value is -2.32. The van der Waals surface area contributed by atoms with Gasteiger partial charge in [-0.25, -0.2) is 9.59 Å².